The molecule has 1 aliphatic rings. The normalized spacial score (nSPS) is 12.2. The van der Waals surface area contributed by atoms with Gasteiger partial charge in [0, 0.05) is 19.8 Å². The number of nitrogens with one attached hydrogen (secondary N) is 2. The second-order valence-corrected chi connectivity index (χ2v) is 6.29. The summed E-state index contributed by atoms with van der Waals surface area (Å²) in [4.78, 5) is 14.7. The minimum absolute atomic E-state index is 0.218. The second-order valence-electron chi connectivity index (χ2n) is 6.29. The highest BCUT2D eigenvalue weighted by Gasteiger charge is 2.12. The number of aromatic nitrogens is 3. The van der Waals surface area contributed by atoms with Gasteiger partial charge in [0.25, 0.3) is 0 Å². The predicted molar refractivity (Wildman–Crippen MR) is 108 cm³/mol. The molecule has 0 amide bonds. The van der Waals surface area contributed by atoms with Crippen LogP contribution in [0, 0.1) is 5.82 Å². The van der Waals surface area contributed by atoms with Gasteiger partial charge in [-0.25, -0.2) is 9.82 Å². The molecule has 4 rings (SSSR count). The number of benzene rings is 2. The van der Waals surface area contributed by atoms with Gasteiger partial charge in [-0.1, -0.05) is 0 Å². The average Bonchev–Trinajstić information content (AvgIpc) is 3.17. The topological polar surface area (TPSA) is 96.8 Å². The summed E-state index contributed by atoms with van der Waals surface area (Å²) in [6.45, 7) is 0.218. The van der Waals surface area contributed by atoms with E-state index in [0.717, 1.165) is 5.56 Å². The van der Waals surface area contributed by atoms with Crippen LogP contribution in [0.1, 0.15) is 5.56 Å². The summed E-state index contributed by atoms with van der Waals surface area (Å²) in [6.07, 6.45) is 1.62. The lowest BCUT2D eigenvalue weighted by Crippen LogP contribution is -2.15. The molecule has 0 spiro atoms. The van der Waals surface area contributed by atoms with E-state index in [4.69, 9.17) is 9.47 Å². The third-order valence-electron chi connectivity index (χ3n) is 3.90. The summed E-state index contributed by atoms with van der Waals surface area (Å²) in [5.41, 5.74) is 4.28. The van der Waals surface area contributed by atoms with E-state index < -0.39 is 0 Å². The van der Waals surface area contributed by atoms with Gasteiger partial charge in [0.2, 0.25) is 24.6 Å². The van der Waals surface area contributed by atoms with Crippen LogP contribution in [-0.4, -0.2) is 42.1 Å². The highest BCUT2D eigenvalue weighted by atomic mass is 19.1. The Bertz CT molecular complexity index is 1040. The van der Waals surface area contributed by atoms with Crippen LogP contribution < -0.4 is 25.1 Å². The Morgan fingerprint density at radius 3 is 2.55 bits per heavy atom. The van der Waals surface area contributed by atoms with Gasteiger partial charge in [0.1, 0.15) is 5.82 Å². The summed E-state index contributed by atoms with van der Waals surface area (Å²) < 4.78 is 23.7. The first-order chi connectivity index (χ1) is 14.1. The predicted octanol–water partition coefficient (Wildman–Crippen LogP) is 3.00. The zero-order chi connectivity index (χ0) is 20.2. The first-order valence-corrected chi connectivity index (χ1v) is 8.71. The fraction of sp³-hybridized carbons (Fsp3) is 0.158. The standard InChI is InChI=1S/C19H18FN7O2/c1-27(2)19-24-17(22-14-6-4-13(20)5-7-14)23-18(25-19)26-21-10-12-3-8-15-16(9-12)29-11-28-15/h3-10H,11H2,1-2H3,(H2,22,23,24,25,26)/b21-10-. The van der Waals surface area contributed by atoms with E-state index in [9.17, 15) is 4.39 Å². The molecule has 29 heavy (non-hydrogen) atoms. The summed E-state index contributed by atoms with van der Waals surface area (Å²) in [7, 11) is 3.63. The molecule has 1 aromatic heterocycles. The van der Waals surface area contributed by atoms with Crippen molar-refractivity contribution in [3.8, 4) is 11.5 Å². The van der Waals surface area contributed by atoms with Crippen molar-refractivity contribution in [3.05, 3.63) is 53.8 Å². The van der Waals surface area contributed by atoms with Crippen LogP contribution in [0.4, 0.5) is 27.9 Å². The number of hydrazone groups is 1. The minimum atomic E-state index is -0.319. The Kier molecular flexibility index (Phi) is 5.06. The molecule has 0 atom stereocenters. The largest absolute Gasteiger partial charge is 0.454 e. The number of halogens is 1. The van der Waals surface area contributed by atoms with Gasteiger partial charge in [-0.15, -0.1) is 0 Å². The van der Waals surface area contributed by atoms with Crippen molar-refractivity contribution in [1.29, 1.82) is 0 Å². The van der Waals surface area contributed by atoms with Crippen molar-refractivity contribution in [2.45, 2.75) is 0 Å². The van der Waals surface area contributed by atoms with Gasteiger partial charge in [0.15, 0.2) is 11.5 Å². The smallest absolute Gasteiger partial charge is 0.250 e. The van der Waals surface area contributed by atoms with E-state index in [0.29, 0.717) is 29.1 Å². The third kappa shape index (κ3) is 4.49. The van der Waals surface area contributed by atoms with Gasteiger partial charge < -0.3 is 19.7 Å². The molecular weight excluding hydrogens is 377 g/mol. The van der Waals surface area contributed by atoms with E-state index in [-0.39, 0.29) is 18.6 Å². The van der Waals surface area contributed by atoms with Crippen molar-refractivity contribution < 1.29 is 13.9 Å². The van der Waals surface area contributed by atoms with Crippen LogP contribution in [0.3, 0.4) is 0 Å². The van der Waals surface area contributed by atoms with Crippen LogP contribution in [-0.2, 0) is 0 Å². The SMILES string of the molecule is CN(C)c1nc(N/N=C\c2ccc3c(c2)OCO3)nc(Nc2ccc(F)cc2)n1. The van der Waals surface area contributed by atoms with Crippen molar-refractivity contribution >= 4 is 29.7 Å². The molecule has 0 saturated carbocycles. The molecule has 0 unspecified atom stereocenters. The lowest BCUT2D eigenvalue weighted by Gasteiger charge is -2.13. The molecular formula is C19H18FN7O2. The van der Waals surface area contributed by atoms with E-state index in [1.807, 2.05) is 32.3 Å². The van der Waals surface area contributed by atoms with Crippen molar-refractivity contribution in [2.75, 3.05) is 36.5 Å². The Hall–Kier alpha value is -3.95. The van der Waals surface area contributed by atoms with Crippen LogP contribution >= 0.6 is 0 Å². The number of hydrogen-bond donors (Lipinski definition) is 2. The molecule has 0 fully saturated rings. The molecule has 2 heterocycles. The van der Waals surface area contributed by atoms with Gasteiger partial charge in [-0.05, 0) is 48.0 Å². The summed E-state index contributed by atoms with van der Waals surface area (Å²) in [6, 6.07) is 11.4. The minimum Gasteiger partial charge on any atom is -0.454 e. The third-order valence-corrected chi connectivity index (χ3v) is 3.90. The van der Waals surface area contributed by atoms with Crippen molar-refractivity contribution in [1.82, 2.24) is 15.0 Å². The molecule has 1 aliphatic heterocycles. The molecule has 2 N–H and O–H groups in total. The number of hydrogen-bond acceptors (Lipinski definition) is 9. The maximum absolute atomic E-state index is 13.1. The Balaban J connectivity index is 1.51. The van der Waals surface area contributed by atoms with Gasteiger partial charge in [-0.3, -0.25) is 0 Å². The molecule has 10 heteroatoms. The van der Waals surface area contributed by atoms with Crippen LogP contribution in [0.25, 0.3) is 0 Å². The number of rotatable bonds is 6. The highest BCUT2D eigenvalue weighted by molar-refractivity contribution is 5.81. The Morgan fingerprint density at radius 2 is 1.76 bits per heavy atom. The van der Waals surface area contributed by atoms with Crippen molar-refractivity contribution in [2.24, 2.45) is 5.10 Å². The van der Waals surface area contributed by atoms with Gasteiger partial charge in [-0.2, -0.15) is 20.1 Å². The zero-order valence-electron chi connectivity index (χ0n) is 15.8. The molecule has 9 nitrogen and oxygen atoms in total. The Labute approximate surface area is 166 Å². The molecule has 0 bridgehead atoms. The fourth-order valence-corrected chi connectivity index (χ4v) is 2.49. The van der Waals surface area contributed by atoms with Crippen molar-refractivity contribution in [3.63, 3.8) is 0 Å². The molecule has 148 valence electrons. The molecule has 0 aliphatic carbocycles. The monoisotopic (exact) mass is 395 g/mol. The summed E-state index contributed by atoms with van der Waals surface area (Å²) >= 11 is 0. The molecule has 0 saturated heterocycles. The summed E-state index contributed by atoms with van der Waals surface area (Å²) in [5, 5.41) is 7.20. The van der Waals surface area contributed by atoms with Crippen LogP contribution in [0.5, 0.6) is 11.5 Å². The number of nitrogens with zero attached hydrogens (tertiary/aromatic N) is 5. The molecule has 2 aromatic carbocycles. The maximum atomic E-state index is 13.1. The summed E-state index contributed by atoms with van der Waals surface area (Å²) in [5.74, 6) is 2.06. The second kappa shape index (κ2) is 7.97. The quantitative estimate of drug-likeness (QED) is 0.486. The van der Waals surface area contributed by atoms with E-state index in [2.05, 4.69) is 30.8 Å². The molecule has 0 radical (unpaired) electrons. The average molecular weight is 395 g/mol. The lowest BCUT2D eigenvalue weighted by atomic mass is 10.2. The molecule has 3 aromatic rings. The van der Waals surface area contributed by atoms with Crippen LogP contribution in [0.15, 0.2) is 47.6 Å². The van der Waals surface area contributed by atoms with E-state index in [1.165, 1.54) is 12.1 Å². The Morgan fingerprint density at radius 1 is 1.00 bits per heavy atom. The first-order valence-electron chi connectivity index (χ1n) is 8.71. The number of anilines is 4. The number of ether oxygens (including phenoxy) is 2. The van der Waals surface area contributed by atoms with Gasteiger partial charge >= 0.3 is 0 Å². The lowest BCUT2D eigenvalue weighted by molar-refractivity contribution is 0.174. The van der Waals surface area contributed by atoms with E-state index >= 15 is 0 Å². The van der Waals surface area contributed by atoms with Gasteiger partial charge in [0.05, 0.1) is 6.21 Å². The fourth-order valence-electron chi connectivity index (χ4n) is 2.49. The maximum Gasteiger partial charge on any atom is 0.250 e. The number of fused-ring (bicyclic) bond motifs is 1. The first kappa shape index (κ1) is 18.4. The zero-order valence-corrected chi connectivity index (χ0v) is 15.8. The highest BCUT2D eigenvalue weighted by Crippen LogP contribution is 2.32. The van der Waals surface area contributed by atoms with Crippen LogP contribution in [0.2, 0.25) is 0 Å². The van der Waals surface area contributed by atoms with E-state index in [1.54, 1.807) is 23.2 Å².